The smallest absolute Gasteiger partial charge is 0.246 e. The third-order valence-electron chi connectivity index (χ3n) is 3.40. The average Bonchev–Trinajstić information content (AvgIpc) is 2.56. The molecule has 7 heteroatoms. The summed E-state index contributed by atoms with van der Waals surface area (Å²) in [6.07, 6.45) is 0. The van der Waals surface area contributed by atoms with Crippen LogP contribution in [0.2, 0.25) is 5.02 Å². The van der Waals surface area contributed by atoms with Crippen LogP contribution in [0.3, 0.4) is 0 Å². The van der Waals surface area contributed by atoms with E-state index < -0.39 is 6.04 Å². The van der Waals surface area contributed by atoms with Gasteiger partial charge in [0, 0.05) is 24.0 Å². The number of methoxy groups -OCH3 is 1. The molecule has 0 saturated heterocycles. The van der Waals surface area contributed by atoms with Crippen molar-refractivity contribution in [3.63, 3.8) is 0 Å². The highest BCUT2D eigenvalue weighted by Gasteiger charge is 2.13. The fourth-order valence-electron chi connectivity index (χ4n) is 2.16. The Morgan fingerprint density at radius 1 is 1.00 bits per heavy atom. The SMILES string of the molecule is COc1ccc(NC(=O)C(C)Nc2ccc(NC(C)=O)cc2)cc1Cl. The summed E-state index contributed by atoms with van der Waals surface area (Å²) < 4.78 is 5.08. The molecular formula is C18H20ClN3O3. The molecule has 2 rings (SSSR count). The highest BCUT2D eigenvalue weighted by atomic mass is 35.5. The molecule has 1 unspecified atom stereocenters. The van der Waals surface area contributed by atoms with Crippen LogP contribution in [0.5, 0.6) is 5.75 Å². The van der Waals surface area contributed by atoms with Gasteiger partial charge in [0.1, 0.15) is 11.8 Å². The summed E-state index contributed by atoms with van der Waals surface area (Å²) >= 11 is 6.05. The largest absolute Gasteiger partial charge is 0.495 e. The Morgan fingerprint density at radius 2 is 1.60 bits per heavy atom. The van der Waals surface area contributed by atoms with E-state index in [0.717, 1.165) is 5.69 Å². The van der Waals surface area contributed by atoms with Crippen molar-refractivity contribution in [3.8, 4) is 5.75 Å². The van der Waals surface area contributed by atoms with Crippen molar-refractivity contribution in [2.24, 2.45) is 0 Å². The molecule has 0 aliphatic carbocycles. The Kier molecular flexibility index (Phi) is 6.25. The first kappa shape index (κ1) is 18.6. The van der Waals surface area contributed by atoms with E-state index in [1.807, 2.05) is 0 Å². The molecule has 2 aromatic rings. The first-order valence-corrected chi connectivity index (χ1v) is 8.05. The third-order valence-corrected chi connectivity index (χ3v) is 3.70. The van der Waals surface area contributed by atoms with Gasteiger partial charge < -0.3 is 20.7 Å². The van der Waals surface area contributed by atoms with Gasteiger partial charge in [-0.15, -0.1) is 0 Å². The highest BCUT2D eigenvalue weighted by Crippen LogP contribution is 2.27. The van der Waals surface area contributed by atoms with Crippen LogP contribution in [0.4, 0.5) is 17.1 Å². The molecule has 0 bridgehead atoms. The van der Waals surface area contributed by atoms with Crippen LogP contribution < -0.4 is 20.7 Å². The number of amides is 2. The maximum absolute atomic E-state index is 12.3. The Hall–Kier alpha value is -2.73. The minimum atomic E-state index is -0.465. The van der Waals surface area contributed by atoms with Gasteiger partial charge in [-0.1, -0.05) is 11.6 Å². The first-order valence-electron chi connectivity index (χ1n) is 7.67. The standard InChI is InChI=1S/C18H20ClN3O3/c1-11(20-13-4-6-14(7-5-13)21-12(2)23)18(24)22-15-8-9-17(25-3)16(19)10-15/h4-11,20H,1-3H3,(H,21,23)(H,22,24). The number of carbonyl (C=O) groups excluding carboxylic acids is 2. The lowest BCUT2D eigenvalue weighted by Gasteiger charge is -2.16. The Bertz CT molecular complexity index is 763. The van der Waals surface area contributed by atoms with Crippen LogP contribution in [0.15, 0.2) is 42.5 Å². The minimum absolute atomic E-state index is 0.133. The lowest BCUT2D eigenvalue weighted by Crippen LogP contribution is -2.31. The van der Waals surface area contributed by atoms with E-state index in [1.165, 1.54) is 14.0 Å². The van der Waals surface area contributed by atoms with Crippen LogP contribution >= 0.6 is 11.6 Å². The van der Waals surface area contributed by atoms with Crippen LogP contribution in [0.25, 0.3) is 0 Å². The fourth-order valence-corrected chi connectivity index (χ4v) is 2.42. The molecule has 0 aliphatic rings. The summed E-state index contributed by atoms with van der Waals surface area (Å²) in [6.45, 7) is 3.20. The number of hydrogen-bond donors (Lipinski definition) is 3. The summed E-state index contributed by atoms with van der Waals surface area (Å²) in [4.78, 5) is 23.3. The predicted octanol–water partition coefficient (Wildman–Crippen LogP) is 3.75. The second-order valence-corrected chi connectivity index (χ2v) is 5.87. The number of benzene rings is 2. The van der Waals surface area contributed by atoms with Crippen molar-refractivity contribution in [1.82, 2.24) is 0 Å². The lowest BCUT2D eigenvalue weighted by molar-refractivity contribution is -0.116. The Morgan fingerprint density at radius 3 is 2.16 bits per heavy atom. The van der Waals surface area contributed by atoms with Crippen LogP contribution in [0, 0.1) is 0 Å². The topological polar surface area (TPSA) is 79.5 Å². The van der Waals surface area contributed by atoms with Gasteiger partial charge in [-0.05, 0) is 49.4 Å². The van der Waals surface area contributed by atoms with Gasteiger partial charge in [0.25, 0.3) is 0 Å². The van der Waals surface area contributed by atoms with Crippen LogP contribution in [-0.4, -0.2) is 25.0 Å². The molecule has 0 radical (unpaired) electrons. The van der Waals surface area contributed by atoms with Gasteiger partial charge in [0.15, 0.2) is 0 Å². The van der Waals surface area contributed by atoms with Gasteiger partial charge in [-0.3, -0.25) is 9.59 Å². The van der Waals surface area contributed by atoms with E-state index in [0.29, 0.717) is 22.1 Å². The predicted molar refractivity (Wildman–Crippen MR) is 100 cm³/mol. The number of anilines is 3. The van der Waals surface area contributed by atoms with Crippen molar-refractivity contribution in [1.29, 1.82) is 0 Å². The monoisotopic (exact) mass is 361 g/mol. The quantitative estimate of drug-likeness (QED) is 0.732. The Balaban J connectivity index is 1.95. The zero-order chi connectivity index (χ0) is 18.4. The van der Waals surface area contributed by atoms with E-state index in [2.05, 4.69) is 16.0 Å². The molecule has 2 amide bonds. The molecule has 0 fully saturated rings. The molecule has 0 saturated carbocycles. The molecule has 1 atom stereocenters. The maximum Gasteiger partial charge on any atom is 0.246 e. The number of carbonyl (C=O) groups is 2. The number of hydrogen-bond acceptors (Lipinski definition) is 4. The molecular weight excluding hydrogens is 342 g/mol. The zero-order valence-electron chi connectivity index (χ0n) is 14.2. The number of nitrogens with one attached hydrogen (secondary N) is 3. The molecule has 2 aromatic carbocycles. The molecule has 3 N–H and O–H groups in total. The van der Waals surface area contributed by atoms with E-state index >= 15 is 0 Å². The maximum atomic E-state index is 12.3. The van der Waals surface area contributed by atoms with E-state index in [1.54, 1.807) is 49.4 Å². The fraction of sp³-hybridized carbons (Fsp3) is 0.222. The second kappa shape index (κ2) is 8.39. The highest BCUT2D eigenvalue weighted by molar-refractivity contribution is 6.32. The van der Waals surface area contributed by atoms with Crippen molar-refractivity contribution >= 4 is 40.5 Å². The molecule has 132 valence electrons. The van der Waals surface area contributed by atoms with Gasteiger partial charge in [-0.25, -0.2) is 0 Å². The summed E-state index contributed by atoms with van der Waals surface area (Å²) in [7, 11) is 1.53. The first-order chi connectivity index (χ1) is 11.9. The van der Waals surface area contributed by atoms with Gasteiger partial charge >= 0.3 is 0 Å². The summed E-state index contributed by atoms with van der Waals surface area (Å²) in [6, 6.07) is 11.7. The van der Waals surface area contributed by atoms with Crippen molar-refractivity contribution in [3.05, 3.63) is 47.5 Å². The van der Waals surface area contributed by atoms with E-state index in [9.17, 15) is 9.59 Å². The zero-order valence-corrected chi connectivity index (χ0v) is 15.0. The summed E-state index contributed by atoms with van der Waals surface area (Å²) in [5.41, 5.74) is 2.05. The normalized spacial score (nSPS) is 11.4. The number of ether oxygens (including phenoxy) is 1. The number of rotatable bonds is 6. The van der Waals surface area contributed by atoms with Gasteiger partial charge in [-0.2, -0.15) is 0 Å². The van der Waals surface area contributed by atoms with Crippen molar-refractivity contribution in [2.75, 3.05) is 23.1 Å². The van der Waals surface area contributed by atoms with E-state index in [-0.39, 0.29) is 11.8 Å². The minimum Gasteiger partial charge on any atom is -0.495 e. The molecule has 6 nitrogen and oxygen atoms in total. The molecule has 0 spiro atoms. The number of halogens is 1. The van der Waals surface area contributed by atoms with E-state index in [4.69, 9.17) is 16.3 Å². The second-order valence-electron chi connectivity index (χ2n) is 5.46. The molecule has 25 heavy (non-hydrogen) atoms. The van der Waals surface area contributed by atoms with Gasteiger partial charge in [0.2, 0.25) is 11.8 Å². The van der Waals surface area contributed by atoms with Crippen molar-refractivity contribution in [2.45, 2.75) is 19.9 Å². The average molecular weight is 362 g/mol. The lowest BCUT2D eigenvalue weighted by atomic mass is 10.2. The molecule has 0 aromatic heterocycles. The Labute approximate surface area is 151 Å². The molecule has 0 aliphatic heterocycles. The third kappa shape index (κ3) is 5.39. The van der Waals surface area contributed by atoms with Gasteiger partial charge in [0.05, 0.1) is 12.1 Å². The summed E-state index contributed by atoms with van der Waals surface area (Å²) in [5.74, 6) is 0.212. The van der Waals surface area contributed by atoms with Crippen molar-refractivity contribution < 1.29 is 14.3 Å². The molecule has 0 heterocycles. The van der Waals surface area contributed by atoms with Crippen LogP contribution in [0.1, 0.15) is 13.8 Å². The van der Waals surface area contributed by atoms with Crippen LogP contribution in [-0.2, 0) is 9.59 Å². The summed E-state index contributed by atoms with van der Waals surface area (Å²) in [5, 5.41) is 9.00.